The zero-order valence-electron chi connectivity index (χ0n) is 21.4. The Labute approximate surface area is 222 Å². The highest BCUT2D eigenvalue weighted by Crippen LogP contribution is 2.27. The predicted octanol–water partition coefficient (Wildman–Crippen LogP) is 5.27. The van der Waals surface area contributed by atoms with Crippen LogP contribution in [0.25, 0.3) is 10.9 Å². The summed E-state index contributed by atoms with van der Waals surface area (Å²) in [6.45, 7) is 0.544. The lowest BCUT2D eigenvalue weighted by Gasteiger charge is -2.24. The molecule has 1 atom stereocenters. The number of nitrogens with zero attached hydrogens (tertiary/aromatic N) is 2. The number of carbonyl (C=O) groups is 2. The van der Waals surface area contributed by atoms with Crippen LogP contribution in [0.4, 0.5) is 0 Å². The van der Waals surface area contributed by atoms with E-state index in [4.69, 9.17) is 16.3 Å². The number of aryl methyl sites for hydroxylation is 1. The van der Waals surface area contributed by atoms with Gasteiger partial charge in [0.15, 0.2) is 0 Å². The summed E-state index contributed by atoms with van der Waals surface area (Å²) >= 11 is 5.98. The number of Topliss-reactive ketones (excluding diaryl/α,β-unsaturated/α-hetero) is 1. The number of rotatable bonds is 11. The van der Waals surface area contributed by atoms with Crippen molar-refractivity contribution in [1.29, 1.82) is 0 Å². The first kappa shape index (κ1) is 26.5. The molecule has 37 heavy (non-hydrogen) atoms. The molecule has 1 aromatic heterocycles. The number of halogens is 1. The van der Waals surface area contributed by atoms with Gasteiger partial charge in [0, 0.05) is 35.6 Å². The van der Waals surface area contributed by atoms with Crippen LogP contribution in [0.3, 0.4) is 0 Å². The van der Waals surface area contributed by atoms with Crippen LogP contribution < -0.4 is 10.1 Å². The zero-order valence-corrected chi connectivity index (χ0v) is 22.2. The molecule has 0 fully saturated rings. The zero-order chi connectivity index (χ0) is 26.4. The number of aromatic nitrogens is 1. The topological polar surface area (TPSA) is 63.6 Å². The highest BCUT2D eigenvalue weighted by Gasteiger charge is 2.26. The molecule has 0 aliphatic carbocycles. The number of hydrogen-bond acceptors (Lipinski definition) is 4. The van der Waals surface area contributed by atoms with E-state index in [0.717, 1.165) is 23.7 Å². The molecular weight excluding hydrogens is 486 g/mol. The maximum Gasteiger partial charge on any atom is 0.292 e. The Balaban J connectivity index is 1.48. The SMILES string of the molecule is CN(C)C(CCNC(=O)C(=O)c1c(COc2ccc(Cl)cc2)n(C)c2ccccc12)Cc1ccccc1. The quantitative estimate of drug-likeness (QED) is 0.217. The van der Waals surface area contributed by atoms with Crippen LogP contribution in [0.5, 0.6) is 5.75 Å². The van der Waals surface area contributed by atoms with Gasteiger partial charge >= 0.3 is 0 Å². The molecule has 1 N–H and O–H groups in total. The minimum Gasteiger partial charge on any atom is -0.487 e. The molecule has 0 bridgehead atoms. The molecule has 3 aromatic carbocycles. The molecule has 1 heterocycles. The van der Waals surface area contributed by atoms with Gasteiger partial charge in [0.1, 0.15) is 12.4 Å². The number of amides is 1. The van der Waals surface area contributed by atoms with Crippen LogP contribution >= 0.6 is 11.6 Å². The van der Waals surface area contributed by atoms with Crippen molar-refractivity contribution in [2.45, 2.75) is 25.5 Å². The number of benzene rings is 3. The number of fused-ring (bicyclic) bond motifs is 1. The van der Waals surface area contributed by atoms with Gasteiger partial charge in [-0.3, -0.25) is 9.59 Å². The van der Waals surface area contributed by atoms with Gasteiger partial charge in [-0.15, -0.1) is 0 Å². The van der Waals surface area contributed by atoms with Crippen molar-refractivity contribution in [3.63, 3.8) is 0 Å². The molecule has 0 aliphatic heterocycles. The second-order valence-electron chi connectivity index (χ2n) is 9.32. The lowest BCUT2D eigenvalue weighted by Crippen LogP contribution is -2.37. The first-order valence-electron chi connectivity index (χ1n) is 12.3. The molecule has 1 unspecified atom stereocenters. The smallest absolute Gasteiger partial charge is 0.292 e. The summed E-state index contributed by atoms with van der Waals surface area (Å²) in [5.74, 6) is -0.539. The summed E-state index contributed by atoms with van der Waals surface area (Å²) in [6.07, 6.45) is 1.59. The number of hydrogen-bond donors (Lipinski definition) is 1. The van der Waals surface area contributed by atoms with Gasteiger partial charge in [0.05, 0.1) is 11.3 Å². The van der Waals surface area contributed by atoms with Gasteiger partial charge in [-0.2, -0.15) is 0 Å². The summed E-state index contributed by atoms with van der Waals surface area (Å²) in [4.78, 5) is 28.6. The van der Waals surface area contributed by atoms with Crippen molar-refractivity contribution in [1.82, 2.24) is 14.8 Å². The molecule has 1 amide bonds. The fourth-order valence-electron chi connectivity index (χ4n) is 4.53. The van der Waals surface area contributed by atoms with Crippen molar-refractivity contribution in [2.24, 2.45) is 7.05 Å². The Bertz CT molecular complexity index is 1360. The molecule has 0 radical (unpaired) electrons. The van der Waals surface area contributed by atoms with Crippen LogP contribution in [-0.4, -0.2) is 47.8 Å². The van der Waals surface area contributed by atoms with Crippen LogP contribution in [-0.2, 0) is 24.9 Å². The van der Waals surface area contributed by atoms with E-state index in [1.54, 1.807) is 24.3 Å². The minimum absolute atomic E-state index is 0.140. The van der Waals surface area contributed by atoms with E-state index in [-0.39, 0.29) is 12.6 Å². The first-order valence-corrected chi connectivity index (χ1v) is 12.7. The van der Waals surface area contributed by atoms with Crippen LogP contribution in [0.1, 0.15) is 28.0 Å². The largest absolute Gasteiger partial charge is 0.487 e. The normalized spacial score (nSPS) is 12.0. The highest BCUT2D eigenvalue weighted by atomic mass is 35.5. The maximum absolute atomic E-state index is 13.4. The Morgan fingerprint density at radius 3 is 2.35 bits per heavy atom. The second-order valence-corrected chi connectivity index (χ2v) is 9.76. The summed E-state index contributed by atoms with van der Waals surface area (Å²) < 4.78 is 7.87. The summed E-state index contributed by atoms with van der Waals surface area (Å²) in [6, 6.07) is 25.1. The van der Waals surface area contributed by atoms with Crippen molar-refractivity contribution in [3.05, 3.63) is 101 Å². The third kappa shape index (κ3) is 6.40. The maximum atomic E-state index is 13.4. The third-order valence-corrected chi connectivity index (χ3v) is 6.91. The van der Waals surface area contributed by atoms with E-state index >= 15 is 0 Å². The van der Waals surface area contributed by atoms with E-state index in [1.165, 1.54) is 5.56 Å². The fourth-order valence-corrected chi connectivity index (χ4v) is 4.65. The average molecular weight is 518 g/mol. The average Bonchev–Trinajstić information content (AvgIpc) is 3.19. The molecule has 0 saturated heterocycles. The van der Waals surface area contributed by atoms with E-state index in [1.807, 2.05) is 68.2 Å². The number of para-hydroxylation sites is 1. The molecule has 0 aliphatic rings. The van der Waals surface area contributed by atoms with Crippen molar-refractivity contribution < 1.29 is 14.3 Å². The monoisotopic (exact) mass is 517 g/mol. The van der Waals surface area contributed by atoms with E-state index in [9.17, 15) is 9.59 Å². The summed E-state index contributed by atoms with van der Waals surface area (Å²) in [5.41, 5.74) is 3.12. The number of ketones is 1. The number of likely N-dealkylation sites (N-methyl/N-ethyl adjacent to an activating group) is 1. The first-order chi connectivity index (χ1) is 17.8. The Hall–Kier alpha value is -3.61. The standard InChI is InChI=1S/C30H32ClN3O3/c1-33(2)23(19-21-9-5-4-6-10-21)17-18-32-30(36)29(35)28-25-11-7-8-12-26(25)34(3)27(28)20-37-24-15-13-22(31)14-16-24/h4-16,23H,17-20H2,1-3H3,(H,32,36). The molecule has 0 spiro atoms. The van der Waals surface area contributed by atoms with Crippen LogP contribution in [0.15, 0.2) is 78.9 Å². The highest BCUT2D eigenvalue weighted by molar-refractivity contribution is 6.45. The number of ether oxygens (including phenoxy) is 1. The van der Waals surface area contributed by atoms with Crippen molar-refractivity contribution >= 4 is 34.2 Å². The molecular formula is C30H32ClN3O3. The van der Waals surface area contributed by atoms with Gasteiger partial charge in [0.25, 0.3) is 11.7 Å². The molecule has 192 valence electrons. The van der Waals surface area contributed by atoms with Crippen molar-refractivity contribution in [2.75, 3.05) is 20.6 Å². The predicted molar refractivity (Wildman–Crippen MR) is 148 cm³/mol. The fraction of sp³-hybridized carbons (Fsp3) is 0.267. The summed E-state index contributed by atoms with van der Waals surface area (Å²) in [7, 11) is 5.94. The third-order valence-electron chi connectivity index (χ3n) is 6.66. The lowest BCUT2D eigenvalue weighted by atomic mass is 10.0. The summed E-state index contributed by atoms with van der Waals surface area (Å²) in [5, 5.41) is 4.20. The van der Waals surface area contributed by atoms with Gasteiger partial charge in [-0.25, -0.2) is 0 Å². The van der Waals surface area contributed by atoms with E-state index < -0.39 is 11.7 Å². The van der Waals surface area contributed by atoms with Crippen LogP contribution in [0, 0.1) is 0 Å². The van der Waals surface area contributed by atoms with E-state index in [2.05, 4.69) is 22.3 Å². The lowest BCUT2D eigenvalue weighted by molar-refractivity contribution is -0.117. The van der Waals surface area contributed by atoms with Crippen molar-refractivity contribution in [3.8, 4) is 5.75 Å². The van der Waals surface area contributed by atoms with Gasteiger partial charge < -0.3 is 19.5 Å². The Morgan fingerprint density at radius 2 is 1.65 bits per heavy atom. The molecule has 0 saturated carbocycles. The van der Waals surface area contributed by atoms with Crippen LogP contribution in [0.2, 0.25) is 5.02 Å². The minimum atomic E-state index is -0.610. The van der Waals surface area contributed by atoms with Gasteiger partial charge in [-0.1, -0.05) is 60.1 Å². The second kappa shape index (κ2) is 12.1. The molecule has 4 aromatic rings. The Morgan fingerprint density at radius 1 is 0.973 bits per heavy atom. The van der Waals surface area contributed by atoms with E-state index in [0.29, 0.717) is 28.6 Å². The number of nitrogens with one attached hydrogen (secondary N) is 1. The van der Waals surface area contributed by atoms with Gasteiger partial charge in [0.2, 0.25) is 0 Å². The Kier molecular flexibility index (Phi) is 8.64. The van der Waals surface area contributed by atoms with Gasteiger partial charge in [-0.05, 0) is 62.8 Å². The molecule has 4 rings (SSSR count). The molecule has 6 nitrogen and oxygen atoms in total. The molecule has 7 heteroatoms. The number of carbonyl (C=O) groups excluding carboxylic acids is 2.